The molecule has 2 heterocycles. The molecule has 0 radical (unpaired) electrons. The standard InChI is InChI=1S/C22H26N4O3S2/c1-17-23-20(16-30-17)14-25-9-11-26(12-10-25)22(27)15-24(2)31(28,29)21-8-7-18-5-3-4-6-19(18)13-21/h3-8,13,16H,9-12,14-15H2,1-2H3. The summed E-state index contributed by atoms with van der Waals surface area (Å²) in [4.78, 5) is 21.5. The van der Waals surface area contributed by atoms with Gasteiger partial charge in [-0.3, -0.25) is 9.69 Å². The van der Waals surface area contributed by atoms with Crippen LogP contribution in [0.4, 0.5) is 0 Å². The molecule has 0 saturated carbocycles. The van der Waals surface area contributed by atoms with Crippen molar-refractivity contribution in [3.05, 3.63) is 58.5 Å². The number of fused-ring (bicyclic) bond motifs is 1. The third-order valence-electron chi connectivity index (χ3n) is 5.56. The number of hydrogen-bond acceptors (Lipinski definition) is 6. The molecule has 31 heavy (non-hydrogen) atoms. The average molecular weight is 459 g/mol. The van der Waals surface area contributed by atoms with E-state index >= 15 is 0 Å². The molecule has 1 fully saturated rings. The van der Waals surface area contributed by atoms with Crippen molar-refractivity contribution in [3.8, 4) is 0 Å². The van der Waals surface area contributed by atoms with E-state index in [2.05, 4.69) is 15.3 Å². The van der Waals surface area contributed by atoms with Crippen LogP contribution in [0.1, 0.15) is 10.7 Å². The number of aryl methyl sites for hydroxylation is 1. The van der Waals surface area contributed by atoms with E-state index in [4.69, 9.17) is 0 Å². The minimum absolute atomic E-state index is 0.166. The summed E-state index contributed by atoms with van der Waals surface area (Å²) in [6.07, 6.45) is 0. The summed E-state index contributed by atoms with van der Waals surface area (Å²) in [5.41, 5.74) is 1.06. The van der Waals surface area contributed by atoms with Gasteiger partial charge in [-0.1, -0.05) is 30.3 Å². The van der Waals surface area contributed by atoms with Crippen LogP contribution >= 0.6 is 11.3 Å². The Balaban J connectivity index is 1.35. The predicted octanol–water partition coefficient (Wildman–Crippen LogP) is 2.57. The normalized spacial score (nSPS) is 15.6. The first kappa shape index (κ1) is 21.9. The molecule has 3 aromatic rings. The maximum absolute atomic E-state index is 13.0. The highest BCUT2D eigenvalue weighted by molar-refractivity contribution is 7.89. The summed E-state index contributed by atoms with van der Waals surface area (Å²) in [5, 5.41) is 4.96. The van der Waals surface area contributed by atoms with E-state index in [1.165, 1.54) is 7.05 Å². The van der Waals surface area contributed by atoms with Crippen molar-refractivity contribution in [3.63, 3.8) is 0 Å². The number of rotatable bonds is 6. The Morgan fingerprint density at radius 1 is 1.10 bits per heavy atom. The van der Waals surface area contributed by atoms with Crippen molar-refractivity contribution in [2.24, 2.45) is 0 Å². The minimum atomic E-state index is -3.75. The number of nitrogens with zero attached hydrogens (tertiary/aromatic N) is 4. The van der Waals surface area contributed by atoms with Gasteiger partial charge >= 0.3 is 0 Å². The molecular weight excluding hydrogens is 432 g/mol. The summed E-state index contributed by atoms with van der Waals surface area (Å²) in [7, 11) is -2.28. The smallest absolute Gasteiger partial charge is 0.243 e. The summed E-state index contributed by atoms with van der Waals surface area (Å²) >= 11 is 1.64. The van der Waals surface area contributed by atoms with Crippen LogP contribution in [0, 0.1) is 6.92 Å². The number of aromatic nitrogens is 1. The Morgan fingerprint density at radius 3 is 2.48 bits per heavy atom. The number of amides is 1. The first-order valence-corrected chi connectivity index (χ1v) is 12.5. The van der Waals surface area contributed by atoms with Gasteiger partial charge in [-0.25, -0.2) is 13.4 Å². The van der Waals surface area contributed by atoms with Crippen molar-refractivity contribution in [2.75, 3.05) is 39.8 Å². The molecule has 1 aliphatic heterocycles. The Bertz CT molecular complexity index is 1180. The maximum atomic E-state index is 13.0. The molecular formula is C22H26N4O3S2. The van der Waals surface area contributed by atoms with Crippen LogP contribution in [-0.2, 0) is 21.4 Å². The van der Waals surface area contributed by atoms with Gasteiger partial charge in [-0.15, -0.1) is 11.3 Å². The van der Waals surface area contributed by atoms with Gasteiger partial charge in [0.15, 0.2) is 0 Å². The Morgan fingerprint density at radius 2 is 1.81 bits per heavy atom. The molecule has 0 N–H and O–H groups in total. The minimum Gasteiger partial charge on any atom is -0.339 e. The fourth-order valence-electron chi connectivity index (χ4n) is 3.75. The number of carbonyl (C=O) groups excluding carboxylic acids is 1. The molecule has 0 bridgehead atoms. The summed E-state index contributed by atoms with van der Waals surface area (Å²) in [6, 6.07) is 12.7. The van der Waals surface area contributed by atoms with E-state index < -0.39 is 10.0 Å². The van der Waals surface area contributed by atoms with E-state index in [9.17, 15) is 13.2 Å². The van der Waals surface area contributed by atoms with Crippen molar-refractivity contribution < 1.29 is 13.2 Å². The monoisotopic (exact) mass is 458 g/mol. The van der Waals surface area contributed by atoms with Gasteiger partial charge in [0.2, 0.25) is 15.9 Å². The average Bonchev–Trinajstić information content (AvgIpc) is 3.18. The van der Waals surface area contributed by atoms with Gasteiger partial charge in [0, 0.05) is 45.2 Å². The Hall–Kier alpha value is -2.33. The molecule has 0 atom stereocenters. The highest BCUT2D eigenvalue weighted by atomic mass is 32.2. The van der Waals surface area contributed by atoms with E-state index in [-0.39, 0.29) is 17.3 Å². The number of carbonyl (C=O) groups is 1. The lowest BCUT2D eigenvalue weighted by molar-refractivity contribution is -0.133. The quantitative estimate of drug-likeness (QED) is 0.568. The van der Waals surface area contributed by atoms with Crippen LogP contribution in [0.15, 0.2) is 52.7 Å². The molecule has 1 aliphatic rings. The van der Waals surface area contributed by atoms with Gasteiger partial charge in [-0.05, 0) is 29.8 Å². The summed E-state index contributed by atoms with van der Waals surface area (Å²) in [5.74, 6) is -0.170. The second kappa shape index (κ2) is 9.04. The van der Waals surface area contributed by atoms with E-state index in [0.29, 0.717) is 13.1 Å². The zero-order valence-corrected chi connectivity index (χ0v) is 19.3. The Labute approximate surface area is 187 Å². The first-order chi connectivity index (χ1) is 14.8. The maximum Gasteiger partial charge on any atom is 0.243 e. The second-order valence-corrected chi connectivity index (χ2v) is 10.9. The van der Waals surface area contributed by atoms with Crippen LogP contribution in [-0.4, -0.2) is 73.2 Å². The first-order valence-electron chi connectivity index (χ1n) is 10.2. The highest BCUT2D eigenvalue weighted by Crippen LogP contribution is 2.21. The molecule has 164 valence electrons. The van der Waals surface area contributed by atoms with Crippen LogP contribution in [0.3, 0.4) is 0 Å². The molecule has 1 amide bonds. The molecule has 7 nitrogen and oxygen atoms in total. The molecule has 0 unspecified atom stereocenters. The van der Waals surface area contributed by atoms with Crippen LogP contribution < -0.4 is 0 Å². The molecule has 2 aromatic carbocycles. The van der Waals surface area contributed by atoms with Crippen molar-refractivity contribution in [1.29, 1.82) is 0 Å². The second-order valence-electron chi connectivity index (χ2n) is 7.78. The molecule has 9 heteroatoms. The van der Waals surface area contributed by atoms with Crippen molar-refractivity contribution in [2.45, 2.75) is 18.4 Å². The van der Waals surface area contributed by atoms with E-state index in [0.717, 1.165) is 45.4 Å². The number of sulfonamides is 1. The number of benzene rings is 2. The van der Waals surface area contributed by atoms with Crippen molar-refractivity contribution >= 4 is 38.0 Å². The van der Waals surface area contributed by atoms with Crippen LogP contribution in [0.2, 0.25) is 0 Å². The zero-order chi connectivity index (χ0) is 22.0. The number of likely N-dealkylation sites (N-methyl/N-ethyl adjacent to an activating group) is 1. The number of piperazine rings is 1. The van der Waals surface area contributed by atoms with Gasteiger partial charge < -0.3 is 4.90 Å². The van der Waals surface area contributed by atoms with E-state index in [1.54, 1.807) is 34.4 Å². The highest BCUT2D eigenvalue weighted by Gasteiger charge is 2.27. The fraction of sp³-hybridized carbons (Fsp3) is 0.364. The molecule has 0 aliphatic carbocycles. The topological polar surface area (TPSA) is 73.8 Å². The number of thiazole rings is 1. The number of hydrogen-bond donors (Lipinski definition) is 0. The third kappa shape index (κ3) is 4.95. The molecule has 0 spiro atoms. The largest absolute Gasteiger partial charge is 0.339 e. The van der Waals surface area contributed by atoms with Gasteiger partial charge in [0.1, 0.15) is 0 Å². The molecule has 1 aromatic heterocycles. The van der Waals surface area contributed by atoms with Gasteiger partial charge in [-0.2, -0.15) is 4.31 Å². The predicted molar refractivity (Wildman–Crippen MR) is 122 cm³/mol. The summed E-state index contributed by atoms with van der Waals surface area (Å²) < 4.78 is 27.1. The lowest BCUT2D eigenvalue weighted by atomic mass is 10.1. The molecule has 4 rings (SSSR count). The SMILES string of the molecule is Cc1nc(CN2CCN(C(=O)CN(C)S(=O)(=O)c3ccc4ccccc4c3)CC2)cs1. The van der Waals surface area contributed by atoms with E-state index in [1.807, 2.05) is 31.2 Å². The lowest BCUT2D eigenvalue weighted by Gasteiger charge is -2.35. The van der Waals surface area contributed by atoms with Crippen LogP contribution in [0.5, 0.6) is 0 Å². The van der Waals surface area contributed by atoms with Crippen molar-refractivity contribution in [1.82, 2.24) is 19.1 Å². The fourth-order valence-corrected chi connectivity index (χ4v) is 5.51. The lowest BCUT2D eigenvalue weighted by Crippen LogP contribution is -2.51. The zero-order valence-electron chi connectivity index (χ0n) is 17.7. The summed E-state index contributed by atoms with van der Waals surface area (Å²) in [6.45, 7) is 5.29. The van der Waals surface area contributed by atoms with Crippen LogP contribution in [0.25, 0.3) is 10.8 Å². The van der Waals surface area contributed by atoms with Gasteiger partial charge in [0.05, 0.1) is 22.1 Å². The Kier molecular flexibility index (Phi) is 6.38. The van der Waals surface area contributed by atoms with Gasteiger partial charge in [0.25, 0.3) is 0 Å². The molecule has 1 saturated heterocycles. The third-order valence-corrected chi connectivity index (χ3v) is 8.19.